The highest BCUT2D eigenvalue weighted by molar-refractivity contribution is 7.15. The number of carbonyl (C=O) groups is 1. The number of rotatable bonds is 2. The van der Waals surface area contributed by atoms with E-state index in [0.717, 1.165) is 33.3 Å². The molecule has 0 fully saturated rings. The fraction of sp³-hybridized carbons (Fsp3) is 0.286. The number of methoxy groups -OCH3 is 1. The van der Waals surface area contributed by atoms with E-state index in [0.29, 0.717) is 18.6 Å². The molecule has 0 aliphatic heterocycles. The van der Waals surface area contributed by atoms with Gasteiger partial charge < -0.3 is 4.74 Å². The van der Waals surface area contributed by atoms with E-state index in [1.165, 1.54) is 0 Å². The van der Waals surface area contributed by atoms with Crippen LogP contribution in [0.4, 0.5) is 0 Å². The Hall–Kier alpha value is -1.68. The molecule has 1 heterocycles. The Kier molecular flexibility index (Phi) is 2.88. The Balaban J connectivity index is 2.05. The van der Waals surface area contributed by atoms with E-state index in [9.17, 15) is 4.79 Å². The first-order valence-electron chi connectivity index (χ1n) is 5.91. The van der Waals surface area contributed by atoms with E-state index in [1.54, 1.807) is 18.4 Å². The molecule has 0 saturated heterocycles. The lowest BCUT2D eigenvalue weighted by Gasteiger charge is -2.06. The molecule has 0 atom stereocenters. The first kappa shape index (κ1) is 11.4. The summed E-state index contributed by atoms with van der Waals surface area (Å²) in [6, 6.07) is 7.86. The molecule has 2 aromatic rings. The minimum Gasteiger partial charge on any atom is -0.496 e. The van der Waals surface area contributed by atoms with Crippen LogP contribution in [-0.4, -0.2) is 17.9 Å². The summed E-state index contributed by atoms with van der Waals surface area (Å²) in [6.45, 7) is 0. The minimum atomic E-state index is 0.317. The van der Waals surface area contributed by atoms with Gasteiger partial charge >= 0.3 is 0 Å². The number of Topliss-reactive ketones (excluding diaryl/α,β-unsaturated/α-hetero) is 1. The number of ketones is 1. The number of ether oxygens (including phenoxy) is 1. The zero-order chi connectivity index (χ0) is 12.5. The smallest absolute Gasteiger partial charge is 0.138 e. The molecule has 1 aromatic carbocycles. The van der Waals surface area contributed by atoms with Gasteiger partial charge in [-0.05, 0) is 18.6 Å². The molecule has 0 amide bonds. The standard InChI is InChI=1S/C14H13NO2S/c1-17-12-5-3-2-4-10(12)14-15-11-7-6-9(16)8-13(11)18-14/h2-5H,6-8H2,1H3. The number of carbonyl (C=O) groups excluding carboxylic acids is 1. The van der Waals surface area contributed by atoms with E-state index in [2.05, 4.69) is 4.98 Å². The van der Waals surface area contributed by atoms with Crippen molar-refractivity contribution in [3.63, 3.8) is 0 Å². The molecule has 1 aromatic heterocycles. The van der Waals surface area contributed by atoms with Crippen molar-refractivity contribution in [3.8, 4) is 16.3 Å². The summed E-state index contributed by atoms with van der Waals surface area (Å²) in [5.74, 6) is 1.15. The molecule has 1 aliphatic carbocycles. The highest BCUT2D eigenvalue weighted by Gasteiger charge is 2.21. The van der Waals surface area contributed by atoms with Gasteiger partial charge in [-0.3, -0.25) is 4.79 Å². The second kappa shape index (κ2) is 4.53. The van der Waals surface area contributed by atoms with Crippen LogP contribution in [0.15, 0.2) is 24.3 Å². The van der Waals surface area contributed by atoms with Crippen LogP contribution in [0, 0.1) is 0 Å². The van der Waals surface area contributed by atoms with Gasteiger partial charge in [0.2, 0.25) is 0 Å². The number of benzene rings is 1. The van der Waals surface area contributed by atoms with Gasteiger partial charge in [0, 0.05) is 17.7 Å². The Bertz CT molecular complexity index is 604. The highest BCUT2D eigenvalue weighted by Crippen LogP contribution is 2.36. The second-order valence-electron chi connectivity index (χ2n) is 4.30. The third-order valence-electron chi connectivity index (χ3n) is 3.11. The van der Waals surface area contributed by atoms with E-state index < -0.39 is 0 Å². The third kappa shape index (κ3) is 1.93. The lowest BCUT2D eigenvalue weighted by Crippen LogP contribution is -2.11. The first-order chi connectivity index (χ1) is 8.78. The molecule has 92 valence electrons. The number of aromatic nitrogens is 1. The van der Waals surface area contributed by atoms with Gasteiger partial charge in [0.1, 0.15) is 16.5 Å². The summed E-state index contributed by atoms with van der Waals surface area (Å²) in [4.78, 5) is 17.2. The minimum absolute atomic E-state index is 0.317. The van der Waals surface area contributed by atoms with Crippen LogP contribution < -0.4 is 4.74 Å². The van der Waals surface area contributed by atoms with Crippen molar-refractivity contribution in [1.29, 1.82) is 0 Å². The van der Waals surface area contributed by atoms with Crippen LogP contribution in [0.2, 0.25) is 0 Å². The van der Waals surface area contributed by atoms with Crippen LogP contribution in [0.1, 0.15) is 17.0 Å². The van der Waals surface area contributed by atoms with Crippen molar-refractivity contribution < 1.29 is 9.53 Å². The van der Waals surface area contributed by atoms with Crippen LogP contribution in [-0.2, 0) is 17.6 Å². The van der Waals surface area contributed by atoms with Crippen molar-refractivity contribution in [2.45, 2.75) is 19.3 Å². The Morgan fingerprint density at radius 3 is 2.94 bits per heavy atom. The number of fused-ring (bicyclic) bond motifs is 1. The van der Waals surface area contributed by atoms with Gasteiger partial charge in [0.15, 0.2) is 0 Å². The molecule has 0 spiro atoms. The van der Waals surface area contributed by atoms with Gasteiger partial charge in [-0.15, -0.1) is 11.3 Å². The number of hydrogen-bond acceptors (Lipinski definition) is 4. The maximum atomic E-state index is 11.4. The molecule has 3 rings (SSSR count). The van der Waals surface area contributed by atoms with Crippen LogP contribution in [0.25, 0.3) is 10.6 Å². The molecular formula is C14H13NO2S. The monoisotopic (exact) mass is 259 g/mol. The number of para-hydroxylation sites is 1. The maximum Gasteiger partial charge on any atom is 0.138 e. The van der Waals surface area contributed by atoms with E-state index in [1.807, 2.05) is 24.3 Å². The molecule has 0 saturated carbocycles. The summed E-state index contributed by atoms with van der Waals surface area (Å²) >= 11 is 1.61. The van der Waals surface area contributed by atoms with Gasteiger partial charge in [-0.25, -0.2) is 4.98 Å². The number of hydrogen-bond donors (Lipinski definition) is 0. The molecule has 0 radical (unpaired) electrons. The lowest BCUT2D eigenvalue weighted by atomic mass is 10.0. The summed E-state index contributed by atoms with van der Waals surface area (Å²) in [6.07, 6.45) is 1.95. The molecule has 4 heteroatoms. The molecule has 3 nitrogen and oxygen atoms in total. The van der Waals surface area contributed by atoms with Crippen molar-refractivity contribution in [2.24, 2.45) is 0 Å². The topological polar surface area (TPSA) is 39.2 Å². The van der Waals surface area contributed by atoms with Crippen LogP contribution in [0.3, 0.4) is 0 Å². The number of nitrogens with zero attached hydrogens (tertiary/aromatic N) is 1. The average Bonchev–Trinajstić information content (AvgIpc) is 2.81. The molecule has 18 heavy (non-hydrogen) atoms. The van der Waals surface area contributed by atoms with Gasteiger partial charge in [-0.1, -0.05) is 12.1 Å². The van der Waals surface area contributed by atoms with Crippen molar-refractivity contribution in [2.75, 3.05) is 7.11 Å². The molecular weight excluding hydrogens is 246 g/mol. The zero-order valence-electron chi connectivity index (χ0n) is 10.1. The Morgan fingerprint density at radius 2 is 2.11 bits per heavy atom. The summed E-state index contributed by atoms with van der Waals surface area (Å²) in [5, 5.41) is 0.951. The second-order valence-corrected chi connectivity index (χ2v) is 5.39. The lowest BCUT2D eigenvalue weighted by molar-refractivity contribution is -0.118. The first-order valence-corrected chi connectivity index (χ1v) is 6.73. The fourth-order valence-corrected chi connectivity index (χ4v) is 3.35. The summed E-state index contributed by atoms with van der Waals surface area (Å²) < 4.78 is 5.35. The van der Waals surface area contributed by atoms with Gasteiger partial charge in [-0.2, -0.15) is 0 Å². The number of aryl methyl sites for hydroxylation is 1. The normalized spacial score (nSPS) is 14.4. The van der Waals surface area contributed by atoms with E-state index in [4.69, 9.17) is 4.74 Å². The van der Waals surface area contributed by atoms with Gasteiger partial charge in [0.25, 0.3) is 0 Å². The van der Waals surface area contributed by atoms with Crippen LogP contribution in [0.5, 0.6) is 5.75 Å². The quantitative estimate of drug-likeness (QED) is 0.832. The van der Waals surface area contributed by atoms with Crippen molar-refractivity contribution >= 4 is 17.1 Å². The summed E-state index contributed by atoms with van der Waals surface area (Å²) in [5.41, 5.74) is 2.09. The van der Waals surface area contributed by atoms with E-state index >= 15 is 0 Å². The van der Waals surface area contributed by atoms with Crippen molar-refractivity contribution in [3.05, 3.63) is 34.8 Å². The van der Waals surface area contributed by atoms with Crippen LogP contribution >= 0.6 is 11.3 Å². The molecule has 0 N–H and O–H groups in total. The largest absolute Gasteiger partial charge is 0.496 e. The maximum absolute atomic E-state index is 11.4. The third-order valence-corrected chi connectivity index (χ3v) is 4.24. The molecule has 0 unspecified atom stereocenters. The van der Waals surface area contributed by atoms with Crippen molar-refractivity contribution in [1.82, 2.24) is 4.98 Å². The van der Waals surface area contributed by atoms with Gasteiger partial charge in [0.05, 0.1) is 18.4 Å². The Labute approximate surface area is 109 Å². The molecule has 0 bridgehead atoms. The van der Waals surface area contributed by atoms with E-state index in [-0.39, 0.29) is 0 Å². The SMILES string of the molecule is COc1ccccc1-c1nc2c(s1)CC(=O)CC2. The summed E-state index contributed by atoms with van der Waals surface area (Å²) in [7, 11) is 1.66. The molecule has 1 aliphatic rings. The predicted molar refractivity (Wildman–Crippen MR) is 71.1 cm³/mol. The number of thiazole rings is 1. The zero-order valence-corrected chi connectivity index (χ0v) is 10.9. The highest BCUT2D eigenvalue weighted by atomic mass is 32.1. The fourth-order valence-electron chi connectivity index (χ4n) is 2.18. The average molecular weight is 259 g/mol. The Morgan fingerprint density at radius 1 is 1.28 bits per heavy atom. The predicted octanol–water partition coefficient (Wildman–Crippen LogP) is 2.88.